The smallest absolute Gasteiger partial charge is 0.191 e. The van der Waals surface area contributed by atoms with Crippen LogP contribution in [-0.2, 0) is 20.0 Å². The molecule has 138 valence electrons. The predicted molar refractivity (Wildman–Crippen MR) is 113 cm³/mol. The lowest BCUT2D eigenvalue weighted by Crippen LogP contribution is -2.37. The van der Waals surface area contributed by atoms with Gasteiger partial charge in [-0.05, 0) is 31.4 Å². The summed E-state index contributed by atoms with van der Waals surface area (Å²) in [5, 5.41) is 10.9. The molecular weight excluding hydrogens is 429 g/mol. The average Bonchev–Trinajstić information content (AvgIpc) is 3.01. The average molecular weight is 457 g/mol. The zero-order valence-electron chi connectivity index (χ0n) is 15.2. The summed E-state index contributed by atoms with van der Waals surface area (Å²) in [5.74, 6) is 1.71. The zero-order valence-corrected chi connectivity index (χ0v) is 17.5. The van der Waals surface area contributed by atoms with Gasteiger partial charge in [-0.15, -0.1) is 24.0 Å². The van der Waals surface area contributed by atoms with Crippen molar-refractivity contribution in [3.63, 3.8) is 0 Å². The van der Waals surface area contributed by atoms with Crippen LogP contribution in [0.2, 0.25) is 0 Å². The van der Waals surface area contributed by atoms with Crippen LogP contribution in [0.15, 0.2) is 41.7 Å². The van der Waals surface area contributed by atoms with Crippen molar-refractivity contribution >= 4 is 29.9 Å². The third-order valence-corrected chi connectivity index (χ3v) is 3.64. The van der Waals surface area contributed by atoms with Crippen molar-refractivity contribution in [3.8, 4) is 5.75 Å². The highest BCUT2D eigenvalue weighted by Crippen LogP contribution is 2.17. The van der Waals surface area contributed by atoms with Gasteiger partial charge >= 0.3 is 0 Å². The van der Waals surface area contributed by atoms with Crippen molar-refractivity contribution in [1.82, 2.24) is 20.4 Å². The van der Waals surface area contributed by atoms with E-state index < -0.39 is 0 Å². The van der Waals surface area contributed by atoms with Gasteiger partial charge in [0.05, 0.1) is 12.8 Å². The first-order chi connectivity index (χ1) is 11.7. The van der Waals surface area contributed by atoms with E-state index in [-0.39, 0.29) is 24.0 Å². The molecule has 0 radical (unpaired) electrons. The molecule has 0 atom stereocenters. The Morgan fingerprint density at radius 2 is 2.08 bits per heavy atom. The summed E-state index contributed by atoms with van der Waals surface area (Å²) < 4.78 is 7.48. The van der Waals surface area contributed by atoms with Gasteiger partial charge < -0.3 is 15.4 Å². The lowest BCUT2D eigenvalue weighted by atomic mass is 10.2. The number of para-hydroxylation sites is 1. The van der Waals surface area contributed by atoms with E-state index in [1.165, 1.54) is 5.56 Å². The fraction of sp³-hybridized carbons (Fsp3) is 0.444. The SMILES string of the molecule is CCOc1ccccc1CNC(=NC)NCCCc1cnn(C)c1.I. The second-order valence-corrected chi connectivity index (χ2v) is 5.52. The maximum atomic E-state index is 5.64. The number of hydrogen-bond acceptors (Lipinski definition) is 3. The Bertz CT molecular complexity index is 656. The van der Waals surface area contributed by atoms with Gasteiger partial charge in [-0.3, -0.25) is 9.67 Å². The highest BCUT2D eigenvalue weighted by atomic mass is 127. The summed E-state index contributed by atoms with van der Waals surface area (Å²) in [7, 11) is 3.72. The summed E-state index contributed by atoms with van der Waals surface area (Å²) in [6.45, 7) is 4.20. The number of aliphatic imine (C=N–C) groups is 1. The molecule has 2 N–H and O–H groups in total. The van der Waals surface area contributed by atoms with Gasteiger partial charge in [0, 0.05) is 38.9 Å². The molecule has 0 saturated carbocycles. The number of nitrogens with zero attached hydrogens (tertiary/aromatic N) is 3. The Kier molecular flexibility index (Phi) is 9.98. The Labute approximate surface area is 167 Å². The lowest BCUT2D eigenvalue weighted by Gasteiger charge is -2.14. The van der Waals surface area contributed by atoms with Crippen LogP contribution in [0.5, 0.6) is 5.75 Å². The maximum absolute atomic E-state index is 5.64. The fourth-order valence-corrected chi connectivity index (χ4v) is 2.45. The van der Waals surface area contributed by atoms with E-state index in [1.54, 1.807) is 7.05 Å². The molecule has 0 aliphatic heterocycles. The summed E-state index contributed by atoms with van der Waals surface area (Å²) in [6.07, 6.45) is 6.00. The third-order valence-electron chi connectivity index (χ3n) is 3.64. The van der Waals surface area contributed by atoms with Gasteiger partial charge in [-0.25, -0.2) is 0 Å². The molecule has 25 heavy (non-hydrogen) atoms. The van der Waals surface area contributed by atoms with Crippen molar-refractivity contribution in [2.75, 3.05) is 20.2 Å². The normalized spacial score (nSPS) is 10.9. The first-order valence-electron chi connectivity index (χ1n) is 8.35. The largest absolute Gasteiger partial charge is 0.494 e. The van der Waals surface area contributed by atoms with Gasteiger partial charge in [0.2, 0.25) is 0 Å². The summed E-state index contributed by atoms with van der Waals surface area (Å²) in [6, 6.07) is 8.06. The van der Waals surface area contributed by atoms with Gasteiger partial charge in [0.1, 0.15) is 5.75 Å². The molecule has 1 aromatic heterocycles. The van der Waals surface area contributed by atoms with Gasteiger partial charge in [-0.1, -0.05) is 18.2 Å². The number of hydrogen-bond donors (Lipinski definition) is 2. The molecule has 0 amide bonds. The second kappa shape index (κ2) is 11.7. The zero-order chi connectivity index (χ0) is 17.2. The number of halogens is 1. The maximum Gasteiger partial charge on any atom is 0.191 e. The Morgan fingerprint density at radius 3 is 2.76 bits per heavy atom. The summed E-state index contributed by atoms with van der Waals surface area (Å²) in [5.41, 5.74) is 2.38. The number of aromatic nitrogens is 2. The van der Waals surface area contributed by atoms with Crippen LogP contribution in [-0.4, -0.2) is 35.9 Å². The van der Waals surface area contributed by atoms with Crippen LogP contribution in [0, 0.1) is 0 Å². The van der Waals surface area contributed by atoms with Gasteiger partial charge in [0.25, 0.3) is 0 Å². The third kappa shape index (κ3) is 7.33. The van der Waals surface area contributed by atoms with Crippen molar-refractivity contribution < 1.29 is 4.74 Å². The minimum atomic E-state index is 0. The molecule has 0 aliphatic carbocycles. The molecule has 1 heterocycles. The predicted octanol–water partition coefficient (Wildman–Crippen LogP) is 2.73. The number of aryl methyl sites for hydroxylation is 2. The topological polar surface area (TPSA) is 63.5 Å². The molecule has 7 heteroatoms. The van der Waals surface area contributed by atoms with E-state index >= 15 is 0 Å². The minimum Gasteiger partial charge on any atom is -0.494 e. The number of ether oxygens (including phenoxy) is 1. The molecule has 0 spiro atoms. The quantitative estimate of drug-likeness (QED) is 0.277. The Balaban J connectivity index is 0.00000312. The molecule has 0 fully saturated rings. The second-order valence-electron chi connectivity index (χ2n) is 5.52. The van der Waals surface area contributed by atoms with E-state index in [1.807, 2.05) is 43.0 Å². The molecule has 1 aromatic carbocycles. The van der Waals surface area contributed by atoms with Crippen molar-refractivity contribution in [2.24, 2.45) is 12.0 Å². The number of benzene rings is 1. The van der Waals surface area contributed by atoms with Crippen LogP contribution in [0.25, 0.3) is 0 Å². The van der Waals surface area contributed by atoms with Crippen molar-refractivity contribution in [2.45, 2.75) is 26.3 Å². The van der Waals surface area contributed by atoms with Crippen LogP contribution in [0.1, 0.15) is 24.5 Å². The number of nitrogens with one attached hydrogen (secondary N) is 2. The number of guanidine groups is 1. The monoisotopic (exact) mass is 457 g/mol. The molecule has 0 bridgehead atoms. The Morgan fingerprint density at radius 1 is 1.28 bits per heavy atom. The molecular formula is C18H28IN5O. The first kappa shape index (κ1) is 21.3. The van der Waals surface area contributed by atoms with E-state index in [4.69, 9.17) is 4.74 Å². The first-order valence-corrected chi connectivity index (χ1v) is 8.35. The lowest BCUT2D eigenvalue weighted by molar-refractivity contribution is 0.336. The van der Waals surface area contributed by atoms with Crippen molar-refractivity contribution in [3.05, 3.63) is 47.8 Å². The minimum absolute atomic E-state index is 0. The number of rotatable bonds is 8. The fourth-order valence-electron chi connectivity index (χ4n) is 2.45. The highest BCUT2D eigenvalue weighted by Gasteiger charge is 2.04. The Hall–Kier alpha value is -1.77. The van der Waals surface area contributed by atoms with Crippen molar-refractivity contribution in [1.29, 1.82) is 0 Å². The molecule has 0 unspecified atom stereocenters. The highest BCUT2D eigenvalue weighted by molar-refractivity contribution is 14.0. The van der Waals surface area contributed by atoms with E-state index in [2.05, 4.69) is 33.0 Å². The van der Waals surface area contributed by atoms with Gasteiger partial charge in [0.15, 0.2) is 5.96 Å². The molecule has 2 rings (SSSR count). The van der Waals surface area contributed by atoms with Crippen LogP contribution >= 0.6 is 24.0 Å². The molecule has 0 saturated heterocycles. The molecule has 2 aromatic rings. The van der Waals surface area contributed by atoms with E-state index in [9.17, 15) is 0 Å². The van der Waals surface area contributed by atoms with E-state index in [0.717, 1.165) is 36.7 Å². The summed E-state index contributed by atoms with van der Waals surface area (Å²) in [4.78, 5) is 4.26. The van der Waals surface area contributed by atoms with Crippen LogP contribution in [0.4, 0.5) is 0 Å². The summed E-state index contributed by atoms with van der Waals surface area (Å²) >= 11 is 0. The van der Waals surface area contributed by atoms with Gasteiger partial charge in [-0.2, -0.15) is 5.10 Å². The van der Waals surface area contributed by atoms with Crippen LogP contribution in [0.3, 0.4) is 0 Å². The standard InChI is InChI=1S/C18H27N5O.HI/c1-4-24-17-10-6-5-9-16(17)13-21-18(19-2)20-11-7-8-15-12-22-23(3)14-15;/h5-6,9-10,12,14H,4,7-8,11,13H2,1-3H3,(H2,19,20,21);1H. The van der Waals surface area contributed by atoms with Crippen LogP contribution < -0.4 is 15.4 Å². The van der Waals surface area contributed by atoms with E-state index in [0.29, 0.717) is 13.2 Å². The molecule has 6 nitrogen and oxygen atoms in total. The molecule has 0 aliphatic rings.